The molecule has 2 aromatic carbocycles. The third-order valence-corrected chi connectivity index (χ3v) is 5.75. The highest BCUT2D eigenvalue weighted by atomic mass is 19.1. The van der Waals surface area contributed by atoms with E-state index >= 15 is 0 Å². The van der Waals surface area contributed by atoms with E-state index < -0.39 is 5.82 Å². The number of carbonyl (C=O) groups excluding carboxylic acids is 1. The number of benzene rings is 2. The number of hydrogen-bond donors (Lipinski definition) is 0. The number of rotatable bonds is 6. The van der Waals surface area contributed by atoms with Crippen molar-refractivity contribution in [2.24, 2.45) is 7.05 Å². The van der Waals surface area contributed by atoms with Crippen LogP contribution in [0.5, 0.6) is 11.5 Å². The van der Waals surface area contributed by atoms with Crippen molar-refractivity contribution in [1.29, 1.82) is 0 Å². The first-order valence-corrected chi connectivity index (χ1v) is 10.7. The molecule has 4 aromatic rings. The van der Waals surface area contributed by atoms with Crippen LogP contribution >= 0.6 is 0 Å². The molecule has 0 aliphatic carbocycles. The van der Waals surface area contributed by atoms with Crippen molar-refractivity contribution in [3.05, 3.63) is 65.6 Å². The number of nitrogens with zero attached hydrogens (tertiary/aromatic N) is 5. The standard InChI is InChI=1S/C24H22FN5O4/c1-29-20-11-12-30(21(31)14-33-16-9-7-15(32-2)8-10-16)13-18(20)22(28-29)24-27-26-23(34-24)17-5-3-4-6-19(17)25/h3-10H,11-14H2,1-2H3. The van der Waals surface area contributed by atoms with Gasteiger partial charge in [-0.25, -0.2) is 4.39 Å². The van der Waals surface area contributed by atoms with Crippen molar-refractivity contribution in [2.45, 2.75) is 13.0 Å². The topological polar surface area (TPSA) is 95.5 Å². The zero-order chi connectivity index (χ0) is 23.7. The lowest BCUT2D eigenvalue weighted by molar-refractivity contribution is -0.134. The third kappa shape index (κ3) is 4.09. The van der Waals surface area contributed by atoms with Gasteiger partial charge in [-0.2, -0.15) is 5.10 Å². The molecule has 5 rings (SSSR count). The highest BCUT2D eigenvalue weighted by molar-refractivity contribution is 5.78. The minimum absolute atomic E-state index is 0.0733. The quantitative estimate of drug-likeness (QED) is 0.433. The zero-order valence-corrected chi connectivity index (χ0v) is 18.7. The summed E-state index contributed by atoms with van der Waals surface area (Å²) in [4.78, 5) is 14.6. The first-order chi connectivity index (χ1) is 16.5. The fourth-order valence-electron chi connectivity index (χ4n) is 3.95. The van der Waals surface area contributed by atoms with E-state index in [1.165, 1.54) is 6.07 Å². The Hall–Kier alpha value is -4.21. The first kappa shape index (κ1) is 21.6. The maximum Gasteiger partial charge on any atom is 0.268 e. The predicted molar refractivity (Wildman–Crippen MR) is 120 cm³/mol. The second kappa shape index (κ2) is 8.97. The Bertz CT molecular complexity index is 1330. The third-order valence-electron chi connectivity index (χ3n) is 5.75. The summed E-state index contributed by atoms with van der Waals surface area (Å²) >= 11 is 0. The Morgan fingerprint density at radius 1 is 1.09 bits per heavy atom. The molecule has 0 atom stereocenters. The predicted octanol–water partition coefficient (Wildman–Crippen LogP) is 3.25. The Balaban J connectivity index is 1.33. The van der Waals surface area contributed by atoms with E-state index in [1.807, 2.05) is 7.05 Å². The van der Waals surface area contributed by atoms with E-state index in [0.717, 1.165) is 11.3 Å². The van der Waals surface area contributed by atoms with E-state index in [0.29, 0.717) is 36.7 Å². The molecular weight excluding hydrogens is 441 g/mol. The van der Waals surface area contributed by atoms with Gasteiger partial charge < -0.3 is 18.8 Å². The Kier molecular flexibility index (Phi) is 5.70. The van der Waals surface area contributed by atoms with Gasteiger partial charge in [-0.05, 0) is 36.4 Å². The minimum Gasteiger partial charge on any atom is -0.497 e. The Morgan fingerprint density at radius 3 is 2.59 bits per heavy atom. The summed E-state index contributed by atoms with van der Waals surface area (Å²) in [6.45, 7) is 0.789. The van der Waals surface area contributed by atoms with E-state index in [9.17, 15) is 9.18 Å². The van der Waals surface area contributed by atoms with E-state index in [4.69, 9.17) is 13.9 Å². The second-order valence-electron chi connectivity index (χ2n) is 7.82. The first-order valence-electron chi connectivity index (χ1n) is 10.7. The van der Waals surface area contributed by atoms with Gasteiger partial charge in [-0.3, -0.25) is 9.48 Å². The number of carbonyl (C=O) groups is 1. The van der Waals surface area contributed by atoms with Crippen LogP contribution in [0.2, 0.25) is 0 Å². The molecule has 0 saturated carbocycles. The summed E-state index contributed by atoms with van der Waals surface area (Å²) < 4.78 is 32.4. The lowest BCUT2D eigenvalue weighted by Crippen LogP contribution is -2.39. The molecule has 1 aliphatic heterocycles. The van der Waals surface area contributed by atoms with Gasteiger partial charge in [0.2, 0.25) is 0 Å². The maximum atomic E-state index is 14.1. The van der Waals surface area contributed by atoms with E-state index in [2.05, 4.69) is 15.3 Å². The van der Waals surface area contributed by atoms with Crippen molar-refractivity contribution in [3.63, 3.8) is 0 Å². The van der Waals surface area contributed by atoms with Crippen LogP contribution in [0.4, 0.5) is 4.39 Å². The zero-order valence-electron chi connectivity index (χ0n) is 18.7. The highest BCUT2D eigenvalue weighted by Gasteiger charge is 2.29. The van der Waals surface area contributed by atoms with Crippen LogP contribution < -0.4 is 9.47 Å². The smallest absolute Gasteiger partial charge is 0.268 e. The van der Waals surface area contributed by atoms with Crippen molar-refractivity contribution in [2.75, 3.05) is 20.3 Å². The monoisotopic (exact) mass is 463 g/mol. The number of methoxy groups -OCH3 is 1. The van der Waals surface area contributed by atoms with Gasteiger partial charge in [0.1, 0.15) is 17.3 Å². The average Bonchev–Trinajstić information content (AvgIpc) is 3.47. The van der Waals surface area contributed by atoms with Gasteiger partial charge in [0.05, 0.1) is 12.7 Å². The number of aromatic nitrogens is 4. The Labute approximate surface area is 194 Å². The molecule has 0 radical (unpaired) electrons. The molecule has 174 valence electrons. The SMILES string of the molecule is COc1ccc(OCC(=O)N2CCc3c(c(-c4nnc(-c5ccccc5F)o4)nn3C)C2)cc1. The summed E-state index contributed by atoms with van der Waals surface area (Å²) in [6.07, 6.45) is 0.626. The van der Waals surface area contributed by atoms with Gasteiger partial charge in [0.15, 0.2) is 12.3 Å². The molecule has 0 saturated heterocycles. The molecule has 3 heterocycles. The lowest BCUT2D eigenvalue weighted by atomic mass is 10.0. The molecule has 1 aliphatic rings. The number of fused-ring (bicyclic) bond motifs is 1. The van der Waals surface area contributed by atoms with Crippen LogP contribution in [-0.4, -0.2) is 51.0 Å². The van der Waals surface area contributed by atoms with Gasteiger partial charge in [-0.1, -0.05) is 12.1 Å². The molecule has 2 aromatic heterocycles. The normalized spacial score (nSPS) is 13.0. The summed E-state index contributed by atoms with van der Waals surface area (Å²) in [5, 5.41) is 12.6. The molecule has 0 bridgehead atoms. The van der Waals surface area contributed by atoms with E-state index in [-0.39, 0.29) is 29.9 Å². The van der Waals surface area contributed by atoms with Crippen LogP contribution in [0.25, 0.3) is 23.0 Å². The van der Waals surface area contributed by atoms with Crippen molar-refractivity contribution in [3.8, 4) is 34.5 Å². The number of aryl methyl sites for hydroxylation is 1. The molecule has 1 amide bonds. The summed E-state index contributed by atoms with van der Waals surface area (Å²) in [5.74, 6) is 0.956. The highest BCUT2D eigenvalue weighted by Crippen LogP contribution is 2.31. The van der Waals surface area contributed by atoms with Gasteiger partial charge in [-0.15, -0.1) is 10.2 Å². The molecular formula is C24H22FN5O4. The van der Waals surface area contributed by atoms with Gasteiger partial charge >= 0.3 is 0 Å². The average molecular weight is 463 g/mol. The van der Waals surface area contributed by atoms with Gasteiger partial charge in [0, 0.05) is 37.8 Å². The number of halogens is 1. The number of hydrogen-bond acceptors (Lipinski definition) is 7. The lowest BCUT2D eigenvalue weighted by Gasteiger charge is -2.27. The fourth-order valence-corrected chi connectivity index (χ4v) is 3.95. The van der Waals surface area contributed by atoms with Crippen molar-refractivity contribution >= 4 is 5.91 Å². The van der Waals surface area contributed by atoms with Crippen LogP contribution in [0, 0.1) is 5.82 Å². The molecule has 0 spiro atoms. The second-order valence-corrected chi connectivity index (χ2v) is 7.82. The summed E-state index contributed by atoms with van der Waals surface area (Å²) in [7, 11) is 3.42. The molecule has 9 nitrogen and oxygen atoms in total. The molecule has 34 heavy (non-hydrogen) atoms. The largest absolute Gasteiger partial charge is 0.497 e. The summed E-state index contributed by atoms with van der Waals surface area (Å²) in [5.41, 5.74) is 2.52. The number of amides is 1. The van der Waals surface area contributed by atoms with E-state index in [1.54, 1.807) is 59.2 Å². The fraction of sp³-hybridized carbons (Fsp3) is 0.250. The Morgan fingerprint density at radius 2 is 1.82 bits per heavy atom. The van der Waals surface area contributed by atoms with Crippen molar-refractivity contribution in [1.82, 2.24) is 24.9 Å². The van der Waals surface area contributed by atoms with Gasteiger partial charge in [0.25, 0.3) is 17.7 Å². The molecule has 0 fully saturated rings. The van der Waals surface area contributed by atoms with Crippen LogP contribution in [0.1, 0.15) is 11.3 Å². The summed E-state index contributed by atoms with van der Waals surface area (Å²) in [6, 6.07) is 13.2. The van der Waals surface area contributed by atoms with Crippen LogP contribution in [0.15, 0.2) is 52.9 Å². The molecule has 0 N–H and O–H groups in total. The van der Waals surface area contributed by atoms with Crippen LogP contribution in [-0.2, 0) is 24.8 Å². The molecule has 0 unspecified atom stereocenters. The maximum absolute atomic E-state index is 14.1. The number of ether oxygens (including phenoxy) is 2. The van der Waals surface area contributed by atoms with Crippen LogP contribution in [0.3, 0.4) is 0 Å². The van der Waals surface area contributed by atoms with Crippen molar-refractivity contribution < 1.29 is 23.1 Å². The minimum atomic E-state index is -0.450. The molecule has 10 heteroatoms.